The van der Waals surface area contributed by atoms with E-state index in [1.165, 1.54) is 5.19 Å². The van der Waals surface area contributed by atoms with E-state index in [1.807, 2.05) is 72.8 Å². The summed E-state index contributed by atoms with van der Waals surface area (Å²) in [6, 6.07) is 53.8. The molecular weight excluding hydrogens is 833 g/mol. The first-order chi connectivity index (χ1) is 24.8. The Hall–Kier alpha value is -5.46. The molecule has 7 heteroatoms. The Morgan fingerprint density at radius 1 is 0.673 bits per heavy atom. The van der Waals surface area contributed by atoms with E-state index < -0.39 is 8.07 Å². The van der Waals surface area contributed by atoms with Crippen molar-refractivity contribution in [2.75, 3.05) is 0 Å². The van der Waals surface area contributed by atoms with Crippen LogP contribution in [-0.2, 0) is 20.1 Å². The van der Waals surface area contributed by atoms with Crippen molar-refractivity contribution < 1.29 is 24.5 Å². The number of furan rings is 1. The number of benzene rings is 5. The molecule has 0 aliphatic heterocycles. The second-order valence-electron chi connectivity index (χ2n) is 13.6. The van der Waals surface area contributed by atoms with Gasteiger partial charge in [0, 0.05) is 42.9 Å². The van der Waals surface area contributed by atoms with Crippen molar-refractivity contribution in [2.24, 2.45) is 0 Å². The molecule has 257 valence electrons. The largest absolute Gasteiger partial charge is 0.501 e. The van der Waals surface area contributed by atoms with Crippen LogP contribution in [0.3, 0.4) is 0 Å². The normalized spacial score (nSPS) is 11.3. The molecule has 0 bridgehead atoms. The van der Waals surface area contributed by atoms with Gasteiger partial charge >= 0.3 is 0 Å². The van der Waals surface area contributed by atoms with Crippen LogP contribution in [0.4, 0.5) is 0 Å². The van der Waals surface area contributed by atoms with Crippen molar-refractivity contribution in [2.45, 2.75) is 26.6 Å². The summed E-state index contributed by atoms with van der Waals surface area (Å²) in [4.78, 5) is 14.4. The quantitative estimate of drug-likeness (QED) is 0.128. The number of imidazole rings is 1. The van der Waals surface area contributed by atoms with E-state index in [1.54, 1.807) is 6.20 Å². The van der Waals surface area contributed by atoms with Crippen molar-refractivity contribution in [3.05, 3.63) is 164 Å². The molecule has 5 aromatic carbocycles. The van der Waals surface area contributed by atoms with E-state index in [2.05, 4.69) is 115 Å². The second-order valence-corrected chi connectivity index (χ2v) is 18.7. The number of para-hydroxylation sites is 1. The van der Waals surface area contributed by atoms with Gasteiger partial charge in [0.15, 0.2) is 0 Å². The minimum atomic E-state index is -1.48. The SMILES string of the molecule is Cc1nc(-c2ccccc2)cc2nc(-c3[c-]ccc4c3oc3cc([Si](C)(C)C)ccc34)n(-c3ccccc3)c12.[Ir].[c-]1ccccc1-c1ccccn1. The Morgan fingerprint density at radius 3 is 2.13 bits per heavy atom. The molecule has 4 aromatic heterocycles. The van der Waals surface area contributed by atoms with Gasteiger partial charge in [-0.25, -0.2) is 0 Å². The van der Waals surface area contributed by atoms with Gasteiger partial charge in [0.1, 0.15) is 5.58 Å². The molecule has 5 nitrogen and oxygen atoms in total. The molecule has 52 heavy (non-hydrogen) atoms. The van der Waals surface area contributed by atoms with Gasteiger partial charge in [0.2, 0.25) is 0 Å². The molecule has 0 fully saturated rings. The summed E-state index contributed by atoms with van der Waals surface area (Å²) in [5.41, 5.74) is 10.4. The van der Waals surface area contributed by atoms with Crippen LogP contribution in [0.5, 0.6) is 0 Å². The van der Waals surface area contributed by atoms with Crippen LogP contribution in [0.1, 0.15) is 5.69 Å². The van der Waals surface area contributed by atoms with E-state index in [-0.39, 0.29) is 20.1 Å². The molecule has 9 aromatic rings. The Kier molecular flexibility index (Phi) is 9.85. The number of pyridine rings is 2. The molecule has 0 atom stereocenters. The van der Waals surface area contributed by atoms with Crippen LogP contribution < -0.4 is 5.19 Å². The van der Waals surface area contributed by atoms with Gasteiger partial charge in [-0.15, -0.1) is 54.1 Å². The van der Waals surface area contributed by atoms with Crippen molar-refractivity contribution in [1.82, 2.24) is 19.5 Å². The van der Waals surface area contributed by atoms with Crippen LogP contribution in [0.15, 0.2) is 150 Å². The number of fused-ring (bicyclic) bond motifs is 4. The summed E-state index contributed by atoms with van der Waals surface area (Å²) >= 11 is 0. The number of nitrogens with zero attached hydrogens (tertiary/aromatic N) is 4. The minimum Gasteiger partial charge on any atom is -0.501 e. The van der Waals surface area contributed by atoms with Crippen LogP contribution in [0, 0.1) is 19.1 Å². The first-order valence-electron chi connectivity index (χ1n) is 17.1. The zero-order valence-electron chi connectivity index (χ0n) is 29.4. The molecule has 0 saturated carbocycles. The van der Waals surface area contributed by atoms with E-state index in [0.717, 1.165) is 78.3 Å². The third kappa shape index (κ3) is 6.79. The fourth-order valence-corrected chi connectivity index (χ4v) is 7.63. The summed E-state index contributed by atoms with van der Waals surface area (Å²) in [7, 11) is -1.48. The molecule has 1 radical (unpaired) electrons. The van der Waals surface area contributed by atoms with Gasteiger partial charge in [0.25, 0.3) is 0 Å². The van der Waals surface area contributed by atoms with Gasteiger partial charge in [0.05, 0.1) is 41.9 Å². The van der Waals surface area contributed by atoms with Gasteiger partial charge in [-0.3, -0.25) is 9.97 Å². The van der Waals surface area contributed by atoms with Crippen LogP contribution in [0.25, 0.3) is 72.6 Å². The number of aromatic nitrogens is 4. The maximum absolute atomic E-state index is 6.61. The molecular formula is C45H36IrN4OSi-2. The molecule has 4 heterocycles. The average Bonchev–Trinajstić information content (AvgIpc) is 3.75. The Morgan fingerprint density at radius 2 is 1.42 bits per heavy atom. The maximum Gasteiger partial charge on any atom is 0.120 e. The zero-order valence-corrected chi connectivity index (χ0v) is 32.8. The first kappa shape index (κ1) is 35.0. The molecule has 9 rings (SSSR count). The van der Waals surface area contributed by atoms with Crippen molar-refractivity contribution in [3.8, 4) is 39.6 Å². The van der Waals surface area contributed by atoms with Crippen LogP contribution >= 0.6 is 0 Å². The molecule has 0 unspecified atom stereocenters. The summed E-state index contributed by atoms with van der Waals surface area (Å²) in [5.74, 6) is 0.793. The summed E-state index contributed by atoms with van der Waals surface area (Å²) in [5, 5.41) is 3.58. The summed E-state index contributed by atoms with van der Waals surface area (Å²) in [6.07, 6.45) is 1.79. The zero-order chi connectivity index (χ0) is 35.0. The van der Waals surface area contributed by atoms with Crippen molar-refractivity contribution in [1.29, 1.82) is 0 Å². The van der Waals surface area contributed by atoms with Crippen LogP contribution in [-0.4, -0.2) is 27.6 Å². The van der Waals surface area contributed by atoms with Gasteiger partial charge in [-0.05, 0) is 42.9 Å². The Balaban J connectivity index is 0.000000275. The number of hydrogen-bond acceptors (Lipinski definition) is 4. The van der Waals surface area contributed by atoms with Gasteiger partial charge in [-0.2, -0.15) is 0 Å². The third-order valence-corrected chi connectivity index (χ3v) is 11.1. The topological polar surface area (TPSA) is 56.7 Å². The monoisotopic (exact) mass is 869 g/mol. The maximum atomic E-state index is 6.61. The molecule has 0 amide bonds. The first-order valence-corrected chi connectivity index (χ1v) is 20.6. The molecule has 0 aliphatic carbocycles. The van der Waals surface area contributed by atoms with E-state index in [0.29, 0.717) is 0 Å². The second kappa shape index (κ2) is 14.6. The summed E-state index contributed by atoms with van der Waals surface area (Å²) in [6.45, 7) is 9.14. The van der Waals surface area contributed by atoms with E-state index in [9.17, 15) is 0 Å². The third-order valence-electron chi connectivity index (χ3n) is 9.07. The number of hydrogen-bond donors (Lipinski definition) is 0. The van der Waals surface area contributed by atoms with Gasteiger partial charge in [-0.1, -0.05) is 109 Å². The van der Waals surface area contributed by atoms with E-state index >= 15 is 0 Å². The van der Waals surface area contributed by atoms with Crippen molar-refractivity contribution in [3.63, 3.8) is 0 Å². The molecule has 0 N–H and O–H groups in total. The average molecular weight is 869 g/mol. The van der Waals surface area contributed by atoms with Crippen molar-refractivity contribution >= 4 is 46.2 Å². The number of rotatable bonds is 5. The fraction of sp³-hybridized carbons (Fsp3) is 0.0889. The molecule has 0 saturated heterocycles. The van der Waals surface area contributed by atoms with Gasteiger partial charge < -0.3 is 14.0 Å². The predicted molar refractivity (Wildman–Crippen MR) is 212 cm³/mol. The Labute approximate surface area is 318 Å². The van der Waals surface area contributed by atoms with Crippen LogP contribution in [0.2, 0.25) is 19.6 Å². The smallest absolute Gasteiger partial charge is 0.120 e. The fourth-order valence-electron chi connectivity index (χ4n) is 6.48. The predicted octanol–water partition coefficient (Wildman–Crippen LogP) is 10.9. The minimum absolute atomic E-state index is 0. The molecule has 0 spiro atoms. The summed E-state index contributed by atoms with van der Waals surface area (Å²) < 4.78 is 8.80. The standard InChI is InChI=1S/C34H28N3OSi.C11H8N.Ir/c1-22-32-30(21-29(35-22)23-12-7-5-8-13-23)36-34(37(32)24-14-9-6-10-15-24)28-17-11-16-27-26-19-18-25(39(2,3)4)20-31(26)38-33(27)28;1-2-6-10(7-3-1)11-8-4-5-9-12-11;/h5-16,18-21H,1-4H3;1-6,8-9H;/q2*-1;. The van der Waals surface area contributed by atoms with E-state index in [4.69, 9.17) is 14.4 Å². The molecule has 0 aliphatic rings. The Bertz CT molecular complexity index is 2580. The number of aryl methyl sites for hydroxylation is 1.